The van der Waals surface area contributed by atoms with E-state index in [2.05, 4.69) is 26.2 Å². The van der Waals surface area contributed by atoms with Crippen LogP contribution in [-0.4, -0.2) is 9.91 Å². The predicted octanol–water partition coefficient (Wildman–Crippen LogP) is 3.80. The van der Waals surface area contributed by atoms with Crippen molar-refractivity contribution in [3.05, 3.63) is 56.7 Å². The molecule has 0 aliphatic rings. The van der Waals surface area contributed by atoms with Gasteiger partial charge in [-0.2, -0.15) is 0 Å². The molecular formula is C12H10BrN3O2. The summed E-state index contributed by atoms with van der Waals surface area (Å²) in [7, 11) is 0. The minimum atomic E-state index is -0.464. The van der Waals surface area contributed by atoms with Gasteiger partial charge >= 0.3 is 5.69 Å². The van der Waals surface area contributed by atoms with Gasteiger partial charge in [-0.15, -0.1) is 0 Å². The van der Waals surface area contributed by atoms with Crippen LogP contribution in [0.3, 0.4) is 0 Å². The molecule has 0 aliphatic heterocycles. The zero-order valence-corrected chi connectivity index (χ0v) is 11.1. The van der Waals surface area contributed by atoms with Gasteiger partial charge in [-0.25, -0.2) is 4.98 Å². The Morgan fingerprint density at radius 3 is 2.61 bits per heavy atom. The Balaban J connectivity index is 2.34. The van der Waals surface area contributed by atoms with Crippen molar-refractivity contribution in [3.8, 4) is 0 Å². The third kappa shape index (κ3) is 2.84. The van der Waals surface area contributed by atoms with Gasteiger partial charge in [-0.1, -0.05) is 17.7 Å². The monoisotopic (exact) mass is 307 g/mol. The van der Waals surface area contributed by atoms with Gasteiger partial charge < -0.3 is 5.32 Å². The van der Waals surface area contributed by atoms with Crippen LogP contribution in [0, 0.1) is 17.0 Å². The van der Waals surface area contributed by atoms with E-state index in [0.717, 1.165) is 11.3 Å². The maximum atomic E-state index is 10.9. The molecule has 1 aromatic carbocycles. The first-order chi connectivity index (χ1) is 8.56. The summed E-state index contributed by atoms with van der Waals surface area (Å²) >= 11 is 3.16. The molecule has 1 heterocycles. The fraction of sp³-hybridized carbons (Fsp3) is 0.0833. The average Bonchev–Trinajstić information content (AvgIpc) is 2.34. The van der Waals surface area contributed by atoms with E-state index in [1.54, 1.807) is 0 Å². The van der Waals surface area contributed by atoms with Gasteiger partial charge in [0, 0.05) is 22.4 Å². The molecule has 0 saturated heterocycles. The van der Waals surface area contributed by atoms with E-state index < -0.39 is 4.92 Å². The third-order valence-electron chi connectivity index (χ3n) is 2.35. The largest absolute Gasteiger partial charge is 0.334 e. The Labute approximate surface area is 112 Å². The number of rotatable bonds is 3. The smallest absolute Gasteiger partial charge is 0.312 e. The van der Waals surface area contributed by atoms with Crippen molar-refractivity contribution < 1.29 is 4.92 Å². The van der Waals surface area contributed by atoms with Crippen molar-refractivity contribution in [1.29, 1.82) is 0 Å². The molecule has 0 unspecified atom stereocenters. The number of aryl methyl sites for hydroxylation is 1. The molecule has 92 valence electrons. The van der Waals surface area contributed by atoms with E-state index in [0.29, 0.717) is 4.47 Å². The lowest BCUT2D eigenvalue weighted by atomic mass is 10.2. The number of pyridine rings is 1. The van der Waals surface area contributed by atoms with Crippen molar-refractivity contribution in [2.24, 2.45) is 0 Å². The van der Waals surface area contributed by atoms with E-state index in [9.17, 15) is 10.1 Å². The van der Waals surface area contributed by atoms with Crippen molar-refractivity contribution >= 4 is 33.1 Å². The van der Waals surface area contributed by atoms with Crippen LogP contribution >= 0.6 is 15.9 Å². The summed E-state index contributed by atoms with van der Waals surface area (Å²) in [4.78, 5) is 14.5. The van der Waals surface area contributed by atoms with Crippen molar-refractivity contribution in [3.63, 3.8) is 0 Å². The average molecular weight is 308 g/mol. The Bertz CT molecular complexity index is 584. The minimum absolute atomic E-state index is 0.0649. The number of nitro groups is 1. The lowest BCUT2D eigenvalue weighted by molar-refractivity contribution is -0.384. The van der Waals surface area contributed by atoms with Crippen LogP contribution in [0.25, 0.3) is 0 Å². The Morgan fingerprint density at radius 2 is 2.00 bits per heavy atom. The quantitative estimate of drug-likeness (QED) is 0.691. The maximum absolute atomic E-state index is 10.9. The number of hydrogen-bond acceptors (Lipinski definition) is 4. The highest BCUT2D eigenvalue weighted by Crippen LogP contribution is 2.27. The van der Waals surface area contributed by atoms with E-state index in [-0.39, 0.29) is 11.5 Å². The predicted molar refractivity (Wildman–Crippen MR) is 73.1 cm³/mol. The lowest BCUT2D eigenvalue weighted by Crippen LogP contribution is -1.99. The number of nitrogens with one attached hydrogen (secondary N) is 1. The number of halogens is 1. The summed E-state index contributed by atoms with van der Waals surface area (Å²) in [6.07, 6.45) is 1.52. The van der Waals surface area contributed by atoms with Gasteiger partial charge in [-0.3, -0.25) is 10.1 Å². The Morgan fingerprint density at radius 1 is 1.33 bits per heavy atom. The third-order valence-corrected chi connectivity index (χ3v) is 2.78. The van der Waals surface area contributed by atoms with Crippen LogP contribution in [0.5, 0.6) is 0 Å². The van der Waals surface area contributed by atoms with Gasteiger partial charge in [0.2, 0.25) is 5.82 Å². The van der Waals surface area contributed by atoms with Crippen molar-refractivity contribution in [2.75, 3.05) is 5.32 Å². The molecule has 0 spiro atoms. The number of aromatic nitrogens is 1. The normalized spacial score (nSPS) is 10.1. The number of nitrogens with zero attached hydrogens (tertiary/aromatic N) is 2. The second-order valence-electron chi connectivity index (χ2n) is 3.77. The molecule has 6 heteroatoms. The van der Waals surface area contributed by atoms with E-state index in [4.69, 9.17) is 0 Å². The standard InChI is InChI=1S/C12H10BrN3O2/c1-8-2-4-10(5-3-8)15-12-11(16(17)18)6-9(13)7-14-12/h2-7H,1H3,(H,14,15). The summed E-state index contributed by atoms with van der Waals surface area (Å²) in [5.74, 6) is 0.229. The SMILES string of the molecule is Cc1ccc(Nc2ncc(Br)cc2[N+](=O)[O-])cc1. The number of benzene rings is 1. The second kappa shape index (κ2) is 5.14. The maximum Gasteiger partial charge on any atom is 0.312 e. The molecule has 2 aromatic rings. The fourth-order valence-corrected chi connectivity index (χ4v) is 1.76. The summed E-state index contributed by atoms with van der Waals surface area (Å²) in [6, 6.07) is 8.97. The summed E-state index contributed by atoms with van der Waals surface area (Å²) in [5.41, 5.74) is 1.82. The molecule has 5 nitrogen and oxygen atoms in total. The molecule has 2 rings (SSSR count). The highest BCUT2D eigenvalue weighted by molar-refractivity contribution is 9.10. The van der Waals surface area contributed by atoms with Crippen LogP contribution in [0.15, 0.2) is 41.0 Å². The van der Waals surface area contributed by atoms with Gasteiger partial charge in [-0.05, 0) is 35.0 Å². The summed E-state index contributed by atoms with van der Waals surface area (Å²) in [5, 5.41) is 13.9. The van der Waals surface area contributed by atoms with Crippen LogP contribution in [0.4, 0.5) is 17.2 Å². The van der Waals surface area contributed by atoms with E-state index in [1.165, 1.54) is 12.3 Å². The molecule has 0 atom stereocenters. The Hall–Kier alpha value is -1.95. The van der Waals surface area contributed by atoms with Crippen LogP contribution in [0.1, 0.15) is 5.56 Å². The highest BCUT2D eigenvalue weighted by Gasteiger charge is 2.15. The number of hydrogen-bond donors (Lipinski definition) is 1. The second-order valence-corrected chi connectivity index (χ2v) is 4.69. The number of anilines is 2. The summed E-state index contributed by atoms with van der Waals surface area (Å²) < 4.78 is 0.573. The molecule has 0 bridgehead atoms. The first-order valence-electron chi connectivity index (χ1n) is 5.20. The first-order valence-corrected chi connectivity index (χ1v) is 5.99. The Kier molecular flexibility index (Phi) is 3.57. The van der Waals surface area contributed by atoms with Gasteiger partial charge in [0.1, 0.15) is 0 Å². The topological polar surface area (TPSA) is 68.1 Å². The van der Waals surface area contributed by atoms with Gasteiger partial charge in [0.15, 0.2) is 0 Å². The molecule has 0 fully saturated rings. The zero-order valence-electron chi connectivity index (χ0n) is 9.55. The highest BCUT2D eigenvalue weighted by atomic mass is 79.9. The van der Waals surface area contributed by atoms with Crippen molar-refractivity contribution in [1.82, 2.24) is 4.98 Å². The summed E-state index contributed by atoms with van der Waals surface area (Å²) in [6.45, 7) is 1.98. The molecule has 18 heavy (non-hydrogen) atoms. The molecule has 1 N–H and O–H groups in total. The molecule has 0 saturated carbocycles. The molecule has 0 aliphatic carbocycles. The van der Waals surface area contributed by atoms with Crippen LogP contribution < -0.4 is 5.32 Å². The molecule has 0 amide bonds. The van der Waals surface area contributed by atoms with E-state index in [1.807, 2.05) is 31.2 Å². The fourth-order valence-electron chi connectivity index (χ4n) is 1.44. The van der Waals surface area contributed by atoms with Crippen LogP contribution in [0.2, 0.25) is 0 Å². The molecule has 1 aromatic heterocycles. The zero-order chi connectivity index (χ0) is 13.1. The lowest BCUT2D eigenvalue weighted by Gasteiger charge is -2.06. The molecular weight excluding hydrogens is 298 g/mol. The van der Waals surface area contributed by atoms with Crippen molar-refractivity contribution in [2.45, 2.75) is 6.92 Å². The van der Waals surface area contributed by atoms with Gasteiger partial charge in [0.05, 0.1) is 4.92 Å². The van der Waals surface area contributed by atoms with Gasteiger partial charge in [0.25, 0.3) is 0 Å². The first kappa shape index (κ1) is 12.5. The molecule has 0 radical (unpaired) electrons. The van der Waals surface area contributed by atoms with Crippen LogP contribution in [-0.2, 0) is 0 Å². The van der Waals surface area contributed by atoms with E-state index >= 15 is 0 Å². The minimum Gasteiger partial charge on any atom is -0.334 e.